The lowest BCUT2D eigenvalue weighted by Crippen LogP contribution is -1.94. The standard InChI is InChI=1S/C13H17N3O2/c1-8(2)3-6-12-15-13(18-16-12)9-4-5-10(14)11(17)7-9/h4-5,7-8,17H,3,6,14H2,1-2H3. The number of nitrogens with two attached hydrogens (primary N) is 1. The first-order chi connectivity index (χ1) is 8.56. The molecule has 96 valence electrons. The normalized spacial score (nSPS) is 11.1. The van der Waals surface area contributed by atoms with Gasteiger partial charge in [-0.3, -0.25) is 0 Å². The Balaban J connectivity index is 2.16. The van der Waals surface area contributed by atoms with E-state index in [0.29, 0.717) is 28.9 Å². The predicted octanol–water partition coefficient (Wildman–Crippen LogP) is 2.61. The van der Waals surface area contributed by atoms with E-state index in [1.165, 1.54) is 6.07 Å². The van der Waals surface area contributed by atoms with Crippen LogP contribution in [0.2, 0.25) is 0 Å². The summed E-state index contributed by atoms with van der Waals surface area (Å²) in [7, 11) is 0. The smallest absolute Gasteiger partial charge is 0.258 e. The van der Waals surface area contributed by atoms with Crippen molar-refractivity contribution < 1.29 is 9.63 Å². The van der Waals surface area contributed by atoms with Gasteiger partial charge in [0.15, 0.2) is 5.82 Å². The first-order valence-corrected chi connectivity index (χ1v) is 5.97. The second kappa shape index (κ2) is 5.08. The van der Waals surface area contributed by atoms with Crippen LogP contribution in [0.15, 0.2) is 22.7 Å². The number of nitrogens with zero attached hydrogens (tertiary/aromatic N) is 2. The van der Waals surface area contributed by atoms with Crippen LogP contribution in [0.1, 0.15) is 26.1 Å². The van der Waals surface area contributed by atoms with Crippen molar-refractivity contribution in [3.63, 3.8) is 0 Å². The molecule has 0 aliphatic heterocycles. The van der Waals surface area contributed by atoms with Gasteiger partial charge in [0.05, 0.1) is 5.69 Å². The van der Waals surface area contributed by atoms with E-state index < -0.39 is 0 Å². The zero-order valence-electron chi connectivity index (χ0n) is 10.6. The predicted molar refractivity (Wildman–Crippen MR) is 69.0 cm³/mol. The molecule has 18 heavy (non-hydrogen) atoms. The highest BCUT2D eigenvalue weighted by Gasteiger charge is 2.10. The van der Waals surface area contributed by atoms with Gasteiger partial charge in [0.25, 0.3) is 5.89 Å². The Morgan fingerprint density at radius 2 is 2.17 bits per heavy atom. The number of aromatic hydroxyl groups is 1. The Bertz CT molecular complexity index is 535. The number of aryl methyl sites for hydroxylation is 1. The molecule has 1 aromatic heterocycles. The number of phenolic OH excluding ortho intramolecular Hbond substituents is 1. The van der Waals surface area contributed by atoms with Crippen LogP contribution in [0.4, 0.5) is 5.69 Å². The van der Waals surface area contributed by atoms with Gasteiger partial charge in [0.2, 0.25) is 0 Å². The number of rotatable bonds is 4. The van der Waals surface area contributed by atoms with E-state index in [1.54, 1.807) is 12.1 Å². The molecule has 0 saturated carbocycles. The zero-order valence-corrected chi connectivity index (χ0v) is 10.6. The second-order valence-electron chi connectivity index (χ2n) is 4.72. The van der Waals surface area contributed by atoms with Crippen LogP contribution in [-0.4, -0.2) is 15.2 Å². The summed E-state index contributed by atoms with van der Waals surface area (Å²) in [6, 6.07) is 4.88. The molecule has 3 N–H and O–H groups in total. The molecule has 0 aliphatic carbocycles. The fourth-order valence-electron chi connectivity index (χ4n) is 1.57. The van der Waals surface area contributed by atoms with Gasteiger partial charge in [-0.05, 0) is 30.5 Å². The fourth-order valence-corrected chi connectivity index (χ4v) is 1.57. The molecule has 0 aliphatic rings. The molecule has 0 atom stereocenters. The quantitative estimate of drug-likeness (QED) is 0.640. The minimum absolute atomic E-state index is 0.0226. The minimum atomic E-state index is 0.0226. The summed E-state index contributed by atoms with van der Waals surface area (Å²) >= 11 is 0. The van der Waals surface area contributed by atoms with Gasteiger partial charge in [-0.1, -0.05) is 19.0 Å². The van der Waals surface area contributed by atoms with Crippen molar-refractivity contribution in [1.82, 2.24) is 10.1 Å². The molecule has 1 heterocycles. The summed E-state index contributed by atoms with van der Waals surface area (Å²) in [4.78, 5) is 4.29. The second-order valence-corrected chi connectivity index (χ2v) is 4.72. The average molecular weight is 247 g/mol. The maximum absolute atomic E-state index is 9.53. The summed E-state index contributed by atoms with van der Waals surface area (Å²) in [6.07, 6.45) is 1.81. The van der Waals surface area contributed by atoms with Crippen LogP contribution >= 0.6 is 0 Å². The van der Waals surface area contributed by atoms with Crippen LogP contribution < -0.4 is 5.73 Å². The monoisotopic (exact) mass is 247 g/mol. The van der Waals surface area contributed by atoms with Gasteiger partial charge in [0, 0.05) is 12.0 Å². The Hall–Kier alpha value is -2.04. The molecule has 0 saturated heterocycles. The minimum Gasteiger partial charge on any atom is -0.506 e. The lowest BCUT2D eigenvalue weighted by molar-refractivity contribution is 0.418. The fraction of sp³-hybridized carbons (Fsp3) is 0.385. The van der Waals surface area contributed by atoms with E-state index in [0.717, 1.165) is 12.8 Å². The molecule has 0 amide bonds. The highest BCUT2D eigenvalue weighted by Crippen LogP contribution is 2.26. The van der Waals surface area contributed by atoms with Crippen molar-refractivity contribution in [3.8, 4) is 17.2 Å². The maximum Gasteiger partial charge on any atom is 0.258 e. The largest absolute Gasteiger partial charge is 0.506 e. The maximum atomic E-state index is 9.53. The first-order valence-electron chi connectivity index (χ1n) is 5.97. The number of nitrogen functional groups attached to an aromatic ring is 1. The molecule has 0 radical (unpaired) electrons. The Morgan fingerprint density at radius 1 is 1.39 bits per heavy atom. The van der Waals surface area contributed by atoms with E-state index in [4.69, 9.17) is 10.3 Å². The topological polar surface area (TPSA) is 85.2 Å². The van der Waals surface area contributed by atoms with Crippen LogP contribution in [0, 0.1) is 5.92 Å². The van der Waals surface area contributed by atoms with Gasteiger partial charge >= 0.3 is 0 Å². The van der Waals surface area contributed by atoms with E-state index in [9.17, 15) is 5.11 Å². The van der Waals surface area contributed by atoms with E-state index in [2.05, 4.69) is 24.0 Å². The number of hydrogen-bond acceptors (Lipinski definition) is 5. The molecule has 1 aromatic carbocycles. The van der Waals surface area contributed by atoms with Gasteiger partial charge < -0.3 is 15.4 Å². The molecule has 5 nitrogen and oxygen atoms in total. The Kier molecular flexibility index (Phi) is 3.50. The lowest BCUT2D eigenvalue weighted by atomic mass is 10.1. The molecule has 5 heteroatoms. The van der Waals surface area contributed by atoms with Crippen molar-refractivity contribution in [3.05, 3.63) is 24.0 Å². The molecular formula is C13H17N3O2. The van der Waals surface area contributed by atoms with Crippen molar-refractivity contribution in [2.24, 2.45) is 5.92 Å². The molecule has 0 unspecified atom stereocenters. The lowest BCUT2D eigenvalue weighted by Gasteiger charge is -2.00. The number of hydrogen-bond donors (Lipinski definition) is 2. The number of phenols is 1. The summed E-state index contributed by atoms with van der Waals surface area (Å²) in [5.74, 6) is 1.72. The van der Waals surface area contributed by atoms with E-state index in [-0.39, 0.29) is 5.75 Å². The molecule has 2 rings (SSSR count). The van der Waals surface area contributed by atoms with Crippen LogP contribution in [-0.2, 0) is 6.42 Å². The molecule has 2 aromatic rings. The van der Waals surface area contributed by atoms with Crippen LogP contribution in [0.25, 0.3) is 11.5 Å². The summed E-state index contributed by atoms with van der Waals surface area (Å²) in [5, 5.41) is 13.4. The highest BCUT2D eigenvalue weighted by molar-refractivity contribution is 5.63. The first kappa shape index (κ1) is 12.4. The van der Waals surface area contributed by atoms with E-state index >= 15 is 0 Å². The third-order valence-corrected chi connectivity index (χ3v) is 2.69. The summed E-state index contributed by atoms with van der Waals surface area (Å²) < 4.78 is 5.16. The average Bonchev–Trinajstić information content (AvgIpc) is 2.79. The number of anilines is 1. The molecule has 0 spiro atoms. The number of benzene rings is 1. The number of aromatic nitrogens is 2. The summed E-state index contributed by atoms with van der Waals surface area (Å²) in [6.45, 7) is 4.30. The van der Waals surface area contributed by atoms with Crippen molar-refractivity contribution in [1.29, 1.82) is 0 Å². The van der Waals surface area contributed by atoms with Crippen molar-refractivity contribution in [2.75, 3.05) is 5.73 Å². The van der Waals surface area contributed by atoms with Gasteiger partial charge in [-0.25, -0.2) is 0 Å². The Labute approximate surface area is 106 Å². The van der Waals surface area contributed by atoms with Gasteiger partial charge in [0.1, 0.15) is 5.75 Å². The molecule has 0 fully saturated rings. The molecular weight excluding hydrogens is 230 g/mol. The SMILES string of the molecule is CC(C)CCc1noc(-c2ccc(N)c(O)c2)n1. The van der Waals surface area contributed by atoms with Crippen molar-refractivity contribution >= 4 is 5.69 Å². The highest BCUT2D eigenvalue weighted by atomic mass is 16.5. The molecule has 0 bridgehead atoms. The Morgan fingerprint density at radius 3 is 2.83 bits per heavy atom. The van der Waals surface area contributed by atoms with Gasteiger partial charge in [-0.2, -0.15) is 4.98 Å². The van der Waals surface area contributed by atoms with Gasteiger partial charge in [-0.15, -0.1) is 0 Å². The third-order valence-electron chi connectivity index (χ3n) is 2.69. The summed E-state index contributed by atoms with van der Waals surface area (Å²) in [5.41, 5.74) is 6.54. The third kappa shape index (κ3) is 2.80. The van der Waals surface area contributed by atoms with Crippen LogP contribution in [0.3, 0.4) is 0 Å². The van der Waals surface area contributed by atoms with Crippen molar-refractivity contribution in [2.45, 2.75) is 26.7 Å². The van der Waals surface area contributed by atoms with E-state index in [1.807, 2.05) is 0 Å². The van der Waals surface area contributed by atoms with Crippen LogP contribution in [0.5, 0.6) is 5.75 Å². The zero-order chi connectivity index (χ0) is 13.1.